The summed E-state index contributed by atoms with van der Waals surface area (Å²) in [6, 6.07) is 3.84. The van der Waals surface area contributed by atoms with Gasteiger partial charge in [0.2, 0.25) is 5.91 Å². The van der Waals surface area contributed by atoms with Crippen LogP contribution in [-0.2, 0) is 4.79 Å². The molecule has 0 bridgehead atoms. The quantitative estimate of drug-likeness (QED) is 0.799. The van der Waals surface area contributed by atoms with Gasteiger partial charge in [-0.25, -0.2) is 4.98 Å². The molecule has 5 heteroatoms. The molecule has 17 heavy (non-hydrogen) atoms. The van der Waals surface area contributed by atoms with Crippen molar-refractivity contribution in [1.29, 1.82) is 5.26 Å². The summed E-state index contributed by atoms with van der Waals surface area (Å²) < 4.78 is 0. The maximum Gasteiger partial charge on any atom is 0.239 e. The molecule has 1 aromatic heterocycles. The van der Waals surface area contributed by atoms with E-state index in [1.165, 1.54) is 0 Å². The Labute approximate surface area is 101 Å². The van der Waals surface area contributed by atoms with Gasteiger partial charge >= 0.3 is 0 Å². The van der Waals surface area contributed by atoms with Crippen molar-refractivity contribution in [2.24, 2.45) is 0 Å². The number of carbonyl (C=O) groups excluding carboxylic acids is 1. The van der Waals surface area contributed by atoms with Crippen molar-refractivity contribution in [2.75, 3.05) is 18.4 Å². The van der Waals surface area contributed by atoms with E-state index in [4.69, 9.17) is 5.26 Å². The first kappa shape index (κ1) is 13.0. The van der Waals surface area contributed by atoms with E-state index in [1.807, 2.05) is 13.8 Å². The number of amides is 1. The minimum atomic E-state index is -0.0981. The molecule has 2 N–H and O–H groups in total. The molecule has 0 aromatic carbocycles. The Bertz CT molecular complexity index is 437. The van der Waals surface area contributed by atoms with E-state index >= 15 is 0 Å². The summed E-state index contributed by atoms with van der Waals surface area (Å²) in [4.78, 5) is 15.4. The maximum atomic E-state index is 11.4. The van der Waals surface area contributed by atoms with Gasteiger partial charge in [-0.1, -0.05) is 6.92 Å². The third-order valence-corrected chi connectivity index (χ3v) is 2.26. The highest BCUT2D eigenvalue weighted by atomic mass is 16.1. The van der Waals surface area contributed by atoms with Crippen LogP contribution in [0.1, 0.15) is 24.5 Å². The molecule has 90 valence electrons. The van der Waals surface area contributed by atoms with E-state index in [-0.39, 0.29) is 12.5 Å². The third-order valence-electron chi connectivity index (χ3n) is 2.26. The molecule has 0 radical (unpaired) electrons. The first-order chi connectivity index (χ1) is 8.19. The predicted molar refractivity (Wildman–Crippen MR) is 65.5 cm³/mol. The largest absolute Gasteiger partial charge is 0.360 e. The molecule has 0 atom stereocenters. The van der Waals surface area contributed by atoms with Crippen molar-refractivity contribution < 1.29 is 4.79 Å². The van der Waals surface area contributed by atoms with Crippen molar-refractivity contribution >= 4 is 11.7 Å². The molecule has 1 aromatic rings. The molecule has 0 fully saturated rings. The Morgan fingerprint density at radius 3 is 3.00 bits per heavy atom. The van der Waals surface area contributed by atoms with Gasteiger partial charge < -0.3 is 10.6 Å². The lowest BCUT2D eigenvalue weighted by molar-refractivity contribution is -0.119. The van der Waals surface area contributed by atoms with E-state index in [0.717, 1.165) is 12.0 Å². The fourth-order valence-corrected chi connectivity index (χ4v) is 1.32. The lowest BCUT2D eigenvalue weighted by Gasteiger charge is -2.08. The van der Waals surface area contributed by atoms with Crippen LogP contribution in [-0.4, -0.2) is 24.0 Å². The summed E-state index contributed by atoms with van der Waals surface area (Å²) in [6.45, 7) is 4.62. The van der Waals surface area contributed by atoms with Crippen molar-refractivity contribution in [2.45, 2.75) is 20.3 Å². The van der Waals surface area contributed by atoms with Gasteiger partial charge in [0.25, 0.3) is 0 Å². The Balaban J connectivity index is 2.61. The van der Waals surface area contributed by atoms with Crippen LogP contribution in [0.2, 0.25) is 0 Å². The fraction of sp³-hybridized carbons (Fsp3) is 0.417. The number of hydrogen-bond acceptors (Lipinski definition) is 4. The van der Waals surface area contributed by atoms with E-state index in [2.05, 4.69) is 21.7 Å². The van der Waals surface area contributed by atoms with Gasteiger partial charge in [-0.15, -0.1) is 0 Å². The molecule has 1 heterocycles. The number of pyridine rings is 1. The highest BCUT2D eigenvalue weighted by Crippen LogP contribution is 2.14. The van der Waals surface area contributed by atoms with Gasteiger partial charge in [-0.05, 0) is 25.0 Å². The van der Waals surface area contributed by atoms with E-state index < -0.39 is 0 Å². The Morgan fingerprint density at radius 1 is 1.59 bits per heavy atom. The highest BCUT2D eigenvalue weighted by molar-refractivity contribution is 5.80. The summed E-state index contributed by atoms with van der Waals surface area (Å²) in [5.74, 6) is 0.359. The van der Waals surface area contributed by atoms with Crippen molar-refractivity contribution in [3.63, 3.8) is 0 Å². The zero-order valence-electron chi connectivity index (χ0n) is 10.1. The number of anilines is 1. The molecule has 0 aliphatic rings. The summed E-state index contributed by atoms with van der Waals surface area (Å²) in [5, 5.41) is 14.6. The topological polar surface area (TPSA) is 77.8 Å². The Morgan fingerprint density at radius 2 is 2.35 bits per heavy atom. The van der Waals surface area contributed by atoms with E-state index in [1.54, 1.807) is 12.3 Å². The van der Waals surface area contributed by atoms with Gasteiger partial charge in [-0.2, -0.15) is 5.26 Å². The number of aryl methyl sites for hydroxylation is 1. The molecule has 0 aliphatic heterocycles. The first-order valence-corrected chi connectivity index (χ1v) is 5.55. The third kappa shape index (κ3) is 3.76. The van der Waals surface area contributed by atoms with Crippen LogP contribution >= 0.6 is 0 Å². The van der Waals surface area contributed by atoms with Crippen LogP contribution in [0.5, 0.6) is 0 Å². The molecule has 0 aliphatic carbocycles. The second-order valence-electron chi connectivity index (χ2n) is 3.67. The molecular formula is C12H16N4O. The lowest BCUT2D eigenvalue weighted by Crippen LogP contribution is -2.30. The van der Waals surface area contributed by atoms with Gasteiger partial charge in [0.1, 0.15) is 11.9 Å². The van der Waals surface area contributed by atoms with Crippen LogP contribution in [0.15, 0.2) is 12.3 Å². The molecule has 0 saturated heterocycles. The number of hydrogen-bond donors (Lipinski definition) is 2. The molecule has 5 nitrogen and oxygen atoms in total. The molecule has 1 rings (SSSR count). The second kappa shape index (κ2) is 6.48. The van der Waals surface area contributed by atoms with Crippen molar-refractivity contribution in [1.82, 2.24) is 10.3 Å². The Hall–Kier alpha value is -2.09. The number of rotatable bonds is 5. The van der Waals surface area contributed by atoms with Crippen molar-refractivity contribution in [3.05, 3.63) is 23.4 Å². The SMILES string of the molecule is CCCNC(=O)CNc1nccc(C)c1C#N. The monoisotopic (exact) mass is 232 g/mol. The summed E-state index contributed by atoms with van der Waals surface area (Å²) in [5.41, 5.74) is 1.33. The number of nitrogens with zero attached hydrogens (tertiary/aromatic N) is 2. The molecule has 0 spiro atoms. The van der Waals surface area contributed by atoms with Crippen LogP contribution in [0, 0.1) is 18.3 Å². The average Bonchev–Trinajstić information content (AvgIpc) is 2.33. The van der Waals surface area contributed by atoms with Gasteiger partial charge in [0.05, 0.1) is 12.1 Å². The van der Waals surface area contributed by atoms with Crippen molar-refractivity contribution in [3.8, 4) is 6.07 Å². The minimum absolute atomic E-state index is 0.0981. The summed E-state index contributed by atoms with van der Waals surface area (Å²) in [6.07, 6.45) is 2.51. The first-order valence-electron chi connectivity index (χ1n) is 5.55. The number of carbonyl (C=O) groups is 1. The summed E-state index contributed by atoms with van der Waals surface area (Å²) in [7, 11) is 0. The molecule has 1 amide bonds. The molecule has 0 unspecified atom stereocenters. The summed E-state index contributed by atoms with van der Waals surface area (Å²) >= 11 is 0. The van der Waals surface area contributed by atoms with Gasteiger partial charge in [-0.3, -0.25) is 4.79 Å². The zero-order valence-corrected chi connectivity index (χ0v) is 10.1. The van der Waals surface area contributed by atoms with Crippen LogP contribution in [0.4, 0.5) is 5.82 Å². The zero-order chi connectivity index (χ0) is 12.7. The predicted octanol–water partition coefficient (Wildman–Crippen LogP) is 1.20. The normalized spacial score (nSPS) is 9.47. The van der Waals surface area contributed by atoms with Crippen LogP contribution in [0.25, 0.3) is 0 Å². The van der Waals surface area contributed by atoms with Crippen LogP contribution in [0.3, 0.4) is 0 Å². The number of nitriles is 1. The molecule has 0 saturated carbocycles. The standard InChI is InChI=1S/C12H16N4O/c1-3-5-14-11(17)8-16-12-10(7-13)9(2)4-6-15-12/h4,6H,3,5,8H2,1-2H3,(H,14,17)(H,15,16). The number of aromatic nitrogens is 1. The fourth-order valence-electron chi connectivity index (χ4n) is 1.32. The maximum absolute atomic E-state index is 11.4. The number of nitrogens with one attached hydrogen (secondary N) is 2. The van der Waals surface area contributed by atoms with Gasteiger partial charge in [0.15, 0.2) is 0 Å². The lowest BCUT2D eigenvalue weighted by atomic mass is 10.1. The van der Waals surface area contributed by atoms with E-state index in [0.29, 0.717) is 17.9 Å². The highest BCUT2D eigenvalue weighted by Gasteiger charge is 2.07. The van der Waals surface area contributed by atoms with Crippen LogP contribution < -0.4 is 10.6 Å². The minimum Gasteiger partial charge on any atom is -0.360 e. The smallest absolute Gasteiger partial charge is 0.239 e. The van der Waals surface area contributed by atoms with E-state index in [9.17, 15) is 4.79 Å². The van der Waals surface area contributed by atoms with Gasteiger partial charge in [0, 0.05) is 12.7 Å². The molecular weight excluding hydrogens is 216 g/mol. The Kier molecular flexibility index (Phi) is 4.95. The average molecular weight is 232 g/mol. The second-order valence-corrected chi connectivity index (χ2v) is 3.67.